The summed E-state index contributed by atoms with van der Waals surface area (Å²) in [6.45, 7) is 0. The summed E-state index contributed by atoms with van der Waals surface area (Å²) in [5.74, 6) is 0. The fourth-order valence-corrected chi connectivity index (χ4v) is 8.94. The molecule has 266 valence electrons. The average molecular weight is 728 g/mol. The van der Waals surface area contributed by atoms with Gasteiger partial charge in [-0.2, -0.15) is 0 Å². The van der Waals surface area contributed by atoms with Crippen LogP contribution in [0.25, 0.3) is 98.4 Å². The molecule has 2 aromatic heterocycles. The van der Waals surface area contributed by atoms with Gasteiger partial charge in [-0.1, -0.05) is 146 Å². The van der Waals surface area contributed by atoms with E-state index in [2.05, 4.69) is 193 Å². The molecule has 0 unspecified atom stereocenters. The van der Waals surface area contributed by atoms with Gasteiger partial charge in [0.15, 0.2) is 5.58 Å². The fourth-order valence-electron chi connectivity index (χ4n) is 8.94. The van der Waals surface area contributed by atoms with E-state index in [0.29, 0.717) is 0 Å². The van der Waals surface area contributed by atoms with Gasteiger partial charge in [0.2, 0.25) is 0 Å². The summed E-state index contributed by atoms with van der Waals surface area (Å²) >= 11 is 0. The number of anilines is 3. The lowest BCUT2D eigenvalue weighted by atomic mass is 9.94. The van der Waals surface area contributed by atoms with Crippen molar-refractivity contribution in [3.8, 4) is 22.3 Å². The number of fused-ring (bicyclic) bond motifs is 10. The summed E-state index contributed by atoms with van der Waals surface area (Å²) < 4.78 is 13.1. The summed E-state index contributed by atoms with van der Waals surface area (Å²) in [5, 5.41) is 11.8. The number of furan rings is 2. The first-order chi connectivity index (χ1) is 28.2. The molecule has 0 aliphatic carbocycles. The molecule has 12 rings (SSSR count). The van der Waals surface area contributed by atoms with E-state index in [9.17, 15) is 0 Å². The SMILES string of the molecule is c1ccc(N(c2ccc(-c3cccc4c3ccc3ccccc34)cc2)c2cccc3c2oc2ccccc23)c(-c2ccc3oc4cc5ccccc5cc4c3c2)c1. The minimum absolute atomic E-state index is 0.849. The third-order valence-corrected chi connectivity index (χ3v) is 11.6. The van der Waals surface area contributed by atoms with Crippen LogP contribution in [0.1, 0.15) is 0 Å². The molecule has 12 aromatic rings. The molecule has 10 aromatic carbocycles. The smallest absolute Gasteiger partial charge is 0.159 e. The molecule has 2 heterocycles. The Labute approximate surface area is 328 Å². The van der Waals surface area contributed by atoms with Crippen LogP contribution >= 0.6 is 0 Å². The first kappa shape index (κ1) is 31.7. The summed E-state index contributed by atoms with van der Waals surface area (Å²) in [6, 6.07) is 71.6. The highest BCUT2D eigenvalue weighted by Crippen LogP contribution is 2.46. The van der Waals surface area contributed by atoms with Crippen molar-refractivity contribution in [2.45, 2.75) is 0 Å². The van der Waals surface area contributed by atoms with Crippen LogP contribution < -0.4 is 4.90 Å². The molecule has 57 heavy (non-hydrogen) atoms. The lowest BCUT2D eigenvalue weighted by Crippen LogP contribution is -2.11. The van der Waals surface area contributed by atoms with Crippen molar-refractivity contribution in [2.24, 2.45) is 0 Å². The second-order valence-corrected chi connectivity index (χ2v) is 14.8. The van der Waals surface area contributed by atoms with Gasteiger partial charge in [-0.3, -0.25) is 0 Å². The van der Waals surface area contributed by atoms with Crippen LogP contribution in [0.5, 0.6) is 0 Å². The van der Waals surface area contributed by atoms with Gasteiger partial charge in [-0.25, -0.2) is 0 Å². The van der Waals surface area contributed by atoms with Crippen LogP contribution in [0.15, 0.2) is 209 Å². The second-order valence-electron chi connectivity index (χ2n) is 14.8. The molecule has 0 radical (unpaired) electrons. The van der Waals surface area contributed by atoms with E-state index >= 15 is 0 Å². The highest BCUT2D eigenvalue weighted by atomic mass is 16.3. The number of rotatable bonds is 5. The van der Waals surface area contributed by atoms with E-state index in [-0.39, 0.29) is 0 Å². The minimum atomic E-state index is 0.849. The zero-order valence-corrected chi connectivity index (χ0v) is 30.8. The Bertz CT molecular complexity index is 3530. The molecule has 0 bridgehead atoms. The molecule has 3 nitrogen and oxygen atoms in total. The van der Waals surface area contributed by atoms with E-state index in [4.69, 9.17) is 8.83 Å². The average Bonchev–Trinajstić information content (AvgIpc) is 3.84. The lowest BCUT2D eigenvalue weighted by molar-refractivity contribution is 0.669. The van der Waals surface area contributed by atoms with Gasteiger partial charge in [0.1, 0.15) is 16.7 Å². The highest BCUT2D eigenvalue weighted by Gasteiger charge is 2.23. The Kier molecular flexibility index (Phi) is 6.93. The Balaban J connectivity index is 1.05. The van der Waals surface area contributed by atoms with E-state index in [1.807, 2.05) is 12.1 Å². The predicted molar refractivity (Wildman–Crippen MR) is 239 cm³/mol. The minimum Gasteiger partial charge on any atom is -0.456 e. The topological polar surface area (TPSA) is 29.5 Å². The molecule has 3 heteroatoms. The van der Waals surface area contributed by atoms with Crippen molar-refractivity contribution < 1.29 is 8.83 Å². The maximum atomic E-state index is 6.71. The van der Waals surface area contributed by atoms with Crippen molar-refractivity contribution in [1.29, 1.82) is 0 Å². The van der Waals surface area contributed by atoms with Crippen LogP contribution in [0.4, 0.5) is 17.1 Å². The maximum absolute atomic E-state index is 6.71. The van der Waals surface area contributed by atoms with Crippen LogP contribution in [0.3, 0.4) is 0 Å². The summed E-state index contributed by atoms with van der Waals surface area (Å²) in [5.41, 5.74) is 11.1. The molecular weight excluding hydrogens is 695 g/mol. The number of hydrogen-bond donors (Lipinski definition) is 0. The summed E-state index contributed by atoms with van der Waals surface area (Å²) in [4.78, 5) is 2.35. The van der Waals surface area contributed by atoms with Crippen molar-refractivity contribution in [2.75, 3.05) is 4.90 Å². The lowest BCUT2D eigenvalue weighted by Gasteiger charge is -2.28. The molecule has 0 aliphatic rings. The highest BCUT2D eigenvalue weighted by molar-refractivity contribution is 6.14. The maximum Gasteiger partial charge on any atom is 0.159 e. The quantitative estimate of drug-likeness (QED) is 0.165. The molecule has 0 amide bonds. The molecule has 0 saturated heterocycles. The van der Waals surface area contributed by atoms with Crippen molar-refractivity contribution in [3.63, 3.8) is 0 Å². The van der Waals surface area contributed by atoms with E-state index in [1.165, 1.54) is 43.4 Å². The van der Waals surface area contributed by atoms with Gasteiger partial charge < -0.3 is 13.7 Å². The van der Waals surface area contributed by atoms with Crippen LogP contribution in [-0.2, 0) is 0 Å². The molecular formula is C54H33NO2. The predicted octanol–water partition coefficient (Wildman–Crippen LogP) is 15.7. The largest absolute Gasteiger partial charge is 0.456 e. The van der Waals surface area contributed by atoms with E-state index in [1.54, 1.807) is 0 Å². The fraction of sp³-hybridized carbons (Fsp3) is 0. The molecule has 0 atom stereocenters. The third kappa shape index (κ3) is 4.99. The van der Waals surface area contributed by atoms with Gasteiger partial charge >= 0.3 is 0 Å². The molecule has 0 fully saturated rings. The summed E-state index contributed by atoms with van der Waals surface area (Å²) in [6.07, 6.45) is 0. The van der Waals surface area contributed by atoms with E-state index < -0.39 is 0 Å². The van der Waals surface area contributed by atoms with Crippen LogP contribution in [-0.4, -0.2) is 0 Å². The van der Waals surface area contributed by atoms with Gasteiger partial charge in [0.05, 0.1) is 11.4 Å². The van der Waals surface area contributed by atoms with Gasteiger partial charge in [-0.15, -0.1) is 0 Å². The first-order valence-corrected chi connectivity index (χ1v) is 19.4. The van der Waals surface area contributed by atoms with Crippen molar-refractivity contribution in [1.82, 2.24) is 0 Å². The van der Waals surface area contributed by atoms with Crippen LogP contribution in [0.2, 0.25) is 0 Å². The zero-order chi connectivity index (χ0) is 37.5. The normalized spacial score (nSPS) is 11.9. The third-order valence-electron chi connectivity index (χ3n) is 11.6. The standard InChI is InChI=1S/C54H33NO2/c1-2-13-37-33-53-48(31-36(37)12-1)47-32-38(26-30-52(47)56-53)42-15-5-7-20-49(42)55(50-21-10-19-46-45-16-6-8-22-51(45)57-54(46)50)39-27-23-35(24-28-39)41-17-9-18-43-40-14-4-3-11-34(40)25-29-44(41)43/h1-33H. The monoisotopic (exact) mass is 727 g/mol. The molecule has 0 saturated carbocycles. The van der Waals surface area contributed by atoms with Crippen LogP contribution in [0, 0.1) is 0 Å². The number of nitrogens with zero attached hydrogens (tertiary/aromatic N) is 1. The molecule has 0 aliphatic heterocycles. The van der Waals surface area contributed by atoms with E-state index in [0.717, 1.165) is 72.1 Å². The van der Waals surface area contributed by atoms with Gasteiger partial charge in [0.25, 0.3) is 0 Å². The molecule has 0 N–H and O–H groups in total. The first-order valence-electron chi connectivity index (χ1n) is 19.4. The second kappa shape index (κ2) is 12.5. The van der Waals surface area contributed by atoms with Gasteiger partial charge in [0, 0.05) is 32.8 Å². The Morgan fingerprint density at radius 1 is 0.298 bits per heavy atom. The Morgan fingerprint density at radius 2 is 0.930 bits per heavy atom. The molecule has 0 spiro atoms. The Morgan fingerprint density at radius 3 is 1.82 bits per heavy atom. The van der Waals surface area contributed by atoms with Crippen molar-refractivity contribution >= 4 is 93.3 Å². The Hall–Kier alpha value is -7.62. The summed E-state index contributed by atoms with van der Waals surface area (Å²) in [7, 11) is 0. The number of benzene rings is 10. The zero-order valence-electron chi connectivity index (χ0n) is 30.8. The number of hydrogen-bond acceptors (Lipinski definition) is 3. The van der Waals surface area contributed by atoms with Gasteiger partial charge in [-0.05, 0) is 104 Å². The van der Waals surface area contributed by atoms with Crippen molar-refractivity contribution in [3.05, 3.63) is 200 Å². The number of para-hydroxylation sites is 3.